The Kier molecular flexibility index (Phi) is 20.8. The molecule has 2 amide bonds. The number of carbonyl (C=O) groups excluding carboxylic acids is 3. The van der Waals surface area contributed by atoms with E-state index in [0.29, 0.717) is 50.2 Å². The minimum Gasteiger partial charge on any atom is -0.481 e. The molecule has 0 bridgehead atoms. The lowest BCUT2D eigenvalue weighted by atomic mass is 9.78. The van der Waals surface area contributed by atoms with Crippen LogP contribution in [0.25, 0.3) is 0 Å². The Labute approximate surface area is 370 Å². The Morgan fingerprint density at radius 3 is 1.79 bits per heavy atom. The van der Waals surface area contributed by atoms with Crippen LogP contribution in [0.15, 0.2) is 9.05 Å². The molecule has 4 atom stereocenters. The minimum atomic E-state index is -0.958. The molecule has 2 aliphatic rings. The number of esters is 1. The van der Waals surface area contributed by atoms with E-state index in [1.807, 2.05) is 53.9 Å². The molecule has 16 heteroatoms. The average molecular weight is 871 g/mol. The van der Waals surface area contributed by atoms with Crippen molar-refractivity contribution >= 4 is 23.8 Å². The Morgan fingerprint density at radius 1 is 0.677 bits per heavy atom. The number of carboxylic acid groups (broad SMARTS) is 1. The van der Waals surface area contributed by atoms with Crippen molar-refractivity contribution in [3.8, 4) is 0 Å². The maximum absolute atomic E-state index is 14.2. The summed E-state index contributed by atoms with van der Waals surface area (Å²) in [6.45, 7) is 8.92. The fourth-order valence-corrected chi connectivity index (χ4v) is 9.21. The van der Waals surface area contributed by atoms with Gasteiger partial charge in [-0.2, -0.15) is 9.97 Å². The van der Waals surface area contributed by atoms with E-state index in [1.54, 1.807) is 11.9 Å². The van der Waals surface area contributed by atoms with E-state index in [0.717, 1.165) is 77.3 Å². The first kappa shape index (κ1) is 50.7. The summed E-state index contributed by atoms with van der Waals surface area (Å²) in [6.07, 6.45) is 17.0. The molecule has 2 unspecified atom stereocenters. The number of carbonyl (C=O) groups is 4. The van der Waals surface area contributed by atoms with Crippen LogP contribution in [0.5, 0.6) is 0 Å². The zero-order chi connectivity index (χ0) is 45.2. The highest BCUT2D eigenvalue weighted by Gasteiger charge is 2.32. The predicted molar refractivity (Wildman–Crippen MR) is 236 cm³/mol. The van der Waals surface area contributed by atoms with Gasteiger partial charge in [-0.25, -0.2) is 0 Å². The minimum absolute atomic E-state index is 0.0324. The Balaban J connectivity index is 1.37. The second kappa shape index (κ2) is 25.4. The summed E-state index contributed by atoms with van der Waals surface area (Å²) in [6, 6.07) is 0. The molecule has 2 aromatic rings. The molecule has 2 aromatic heterocycles. The molecule has 0 saturated heterocycles. The fourth-order valence-electron chi connectivity index (χ4n) is 9.21. The largest absolute Gasteiger partial charge is 0.481 e. The normalized spacial score (nSPS) is 18.5. The van der Waals surface area contributed by atoms with E-state index in [4.69, 9.17) is 13.8 Å². The SMILES string of the molecule is CN(C)CCCN(C)C(=O)c1noc([C@H](CCCC2CCCC(CN(CCCN(C)C)C(=O)c3noc([C@H](CCCC4CCCCC4)CC(=O)OC(C)(C)C)n3)C2)CC(=O)O)n1. The van der Waals surface area contributed by atoms with Gasteiger partial charge in [-0.3, -0.25) is 19.2 Å². The molecular weight excluding hydrogens is 793 g/mol. The molecule has 0 aromatic carbocycles. The number of amides is 2. The molecule has 0 aliphatic heterocycles. The van der Waals surface area contributed by atoms with Gasteiger partial charge in [0.05, 0.1) is 12.8 Å². The van der Waals surface area contributed by atoms with Crippen LogP contribution >= 0.6 is 0 Å². The van der Waals surface area contributed by atoms with Crippen LogP contribution < -0.4 is 0 Å². The smallest absolute Gasteiger partial charge is 0.307 e. The summed E-state index contributed by atoms with van der Waals surface area (Å²) in [4.78, 5) is 68.7. The molecular formula is C46H78N8O8. The molecule has 2 fully saturated rings. The van der Waals surface area contributed by atoms with E-state index in [1.165, 1.54) is 32.1 Å². The number of hydrogen-bond donors (Lipinski definition) is 1. The summed E-state index contributed by atoms with van der Waals surface area (Å²) in [5, 5.41) is 17.8. The molecule has 62 heavy (non-hydrogen) atoms. The highest BCUT2D eigenvalue weighted by Crippen LogP contribution is 2.36. The van der Waals surface area contributed by atoms with Crippen molar-refractivity contribution < 1.29 is 38.1 Å². The lowest BCUT2D eigenvalue weighted by Crippen LogP contribution is -2.39. The van der Waals surface area contributed by atoms with Crippen LogP contribution in [-0.4, -0.2) is 142 Å². The maximum Gasteiger partial charge on any atom is 0.307 e. The molecule has 2 aliphatic carbocycles. The molecule has 2 heterocycles. The van der Waals surface area contributed by atoms with Crippen LogP contribution in [0.4, 0.5) is 0 Å². The zero-order valence-electron chi connectivity index (χ0n) is 39.2. The number of rotatable bonds is 26. The summed E-state index contributed by atoms with van der Waals surface area (Å²) in [5.41, 5.74) is -0.612. The van der Waals surface area contributed by atoms with E-state index in [9.17, 15) is 24.3 Å². The third-order valence-corrected chi connectivity index (χ3v) is 12.4. The quantitative estimate of drug-likeness (QED) is 0.0907. The van der Waals surface area contributed by atoms with Gasteiger partial charge in [0, 0.05) is 38.5 Å². The van der Waals surface area contributed by atoms with Gasteiger partial charge in [0.25, 0.3) is 23.5 Å². The average Bonchev–Trinajstić information content (AvgIpc) is 3.90. The number of nitrogens with zero attached hydrogens (tertiary/aromatic N) is 8. The summed E-state index contributed by atoms with van der Waals surface area (Å²) < 4.78 is 17.0. The Morgan fingerprint density at radius 2 is 1.21 bits per heavy atom. The second-order valence-corrected chi connectivity index (χ2v) is 19.8. The molecule has 4 rings (SSSR count). The fraction of sp³-hybridized carbons (Fsp3) is 0.826. The summed E-state index contributed by atoms with van der Waals surface area (Å²) in [5.74, 6) is -0.781. The van der Waals surface area contributed by atoms with Gasteiger partial charge in [0.1, 0.15) is 5.60 Å². The van der Waals surface area contributed by atoms with Gasteiger partial charge in [0.15, 0.2) is 0 Å². The van der Waals surface area contributed by atoms with Crippen molar-refractivity contribution in [1.82, 2.24) is 39.9 Å². The topological polar surface area (TPSA) is 189 Å². The van der Waals surface area contributed by atoms with Crippen molar-refractivity contribution in [2.45, 2.75) is 160 Å². The number of hydrogen-bond acceptors (Lipinski definition) is 13. The molecule has 16 nitrogen and oxygen atoms in total. The van der Waals surface area contributed by atoms with Crippen LogP contribution in [0.2, 0.25) is 0 Å². The van der Waals surface area contributed by atoms with E-state index >= 15 is 0 Å². The van der Waals surface area contributed by atoms with Crippen LogP contribution in [0, 0.1) is 17.8 Å². The van der Waals surface area contributed by atoms with Crippen molar-refractivity contribution in [2.24, 2.45) is 17.8 Å². The van der Waals surface area contributed by atoms with Crippen molar-refractivity contribution in [1.29, 1.82) is 0 Å². The summed E-state index contributed by atoms with van der Waals surface area (Å²) in [7, 11) is 9.70. The van der Waals surface area contributed by atoms with Crippen molar-refractivity contribution in [3.05, 3.63) is 23.4 Å². The Bertz CT molecular complexity index is 1670. The second-order valence-electron chi connectivity index (χ2n) is 19.8. The van der Waals surface area contributed by atoms with Gasteiger partial charge >= 0.3 is 11.9 Å². The first-order chi connectivity index (χ1) is 29.5. The third kappa shape index (κ3) is 18.1. The molecule has 1 N–H and O–H groups in total. The number of aromatic nitrogens is 4. The number of aliphatic carboxylic acids is 1. The third-order valence-electron chi connectivity index (χ3n) is 12.4. The highest BCUT2D eigenvalue weighted by atomic mass is 16.6. The van der Waals surface area contributed by atoms with Crippen molar-refractivity contribution in [3.63, 3.8) is 0 Å². The van der Waals surface area contributed by atoms with Gasteiger partial charge < -0.3 is 38.5 Å². The number of carboxylic acids is 1. The van der Waals surface area contributed by atoms with Crippen LogP contribution in [-0.2, 0) is 14.3 Å². The van der Waals surface area contributed by atoms with Gasteiger partial charge in [0.2, 0.25) is 11.8 Å². The first-order valence-electron chi connectivity index (χ1n) is 23.4. The van der Waals surface area contributed by atoms with Crippen LogP contribution in [0.3, 0.4) is 0 Å². The maximum atomic E-state index is 14.2. The molecule has 2 saturated carbocycles. The standard InChI is InChI=1S/C46H78N8O8/c1-46(2,3)60-39(57)31-37(24-13-19-33-17-10-9-11-18-33)43-48-41(50-62-43)45(59)54(28-16-26-52(6)7)32-35-22-12-20-34(29-35)21-14-23-36(30-38(55)56)42-47-40(49-61-42)44(58)53(8)27-15-25-51(4)5/h33-37H,9-32H2,1-8H3,(H,55,56)/t34?,35?,36-,37-/m1/s1. The van der Waals surface area contributed by atoms with Crippen LogP contribution in [0.1, 0.15) is 188 Å². The van der Waals surface area contributed by atoms with Crippen molar-refractivity contribution in [2.75, 3.05) is 68.0 Å². The predicted octanol–water partition coefficient (Wildman–Crippen LogP) is 7.67. The summed E-state index contributed by atoms with van der Waals surface area (Å²) >= 11 is 0. The zero-order valence-corrected chi connectivity index (χ0v) is 39.2. The van der Waals surface area contributed by atoms with E-state index in [-0.39, 0.29) is 60.0 Å². The van der Waals surface area contributed by atoms with Gasteiger partial charge in [-0.1, -0.05) is 80.9 Å². The first-order valence-corrected chi connectivity index (χ1v) is 23.4. The lowest BCUT2D eigenvalue weighted by Gasteiger charge is -2.33. The Hall–Kier alpha value is -3.92. The molecule has 0 spiro atoms. The van der Waals surface area contributed by atoms with Gasteiger partial charge in [-0.15, -0.1) is 0 Å². The molecule has 0 radical (unpaired) electrons. The lowest BCUT2D eigenvalue weighted by molar-refractivity contribution is -0.155. The monoisotopic (exact) mass is 871 g/mol. The van der Waals surface area contributed by atoms with Gasteiger partial charge in [-0.05, 0) is 118 Å². The van der Waals surface area contributed by atoms with E-state index in [2.05, 4.69) is 30.1 Å². The van der Waals surface area contributed by atoms with E-state index < -0.39 is 17.5 Å². The highest BCUT2D eigenvalue weighted by molar-refractivity contribution is 5.90. The molecule has 350 valence electrons. The number of ether oxygens (including phenoxy) is 1.